The number of carbonyl (C=O) groups excluding carboxylic acids is 1. The fourth-order valence-electron chi connectivity index (χ4n) is 1.88. The van der Waals surface area contributed by atoms with E-state index >= 15 is 0 Å². The van der Waals surface area contributed by atoms with Crippen molar-refractivity contribution < 1.29 is 9.90 Å². The Morgan fingerprint density at radius 1 is 1.62 bits per heavy atom. The number of amides is 1. The van der Waals surface area contributed by atoms with Crippen molar-refractivity contribution in [2.75, 3.05) is 13.1 Å². The first kappa shape index (κ1) is 11.1. The number of aryl methyl sites for hydroxylation is 1. The van der Waals surface area contributed by atoms with Gasteiger partial charge in [0.15, 0.2) is 0 Å². The van der Waals surface area contributed by atoms with Crippen molar-refractivity contribution in [1.82, 2.24) is 19.9 Å². The van der Waals surface area contributed by atoms with Gasteiger partial charge in [0.1, 0.15) is 0 Å². The number of carbonyl (C=O) groups is 1. The number of rotatable bonds is 3. The summed E-state index contributed by atoms with van der Waals surface area (Å²) in [4.78, 5) is 13.5. The minimum atomic E-state index is -0.719. The second-order valence-corrected chi connectivity index (χ2v) is 4.48. The fourth-order valence-corrected chi connectivity index (χ4v) is 1.88. The molecule has 0 aromatic carbocycles. The zero-order valence-corrected chi connectivity index (χ0v) is 9.33. The molecule has 2 heterocycles. The van der Waals surface area contributed by atoms with E-state index < -0.39 is 5.60 Å². The lowest BCUT2D eigenvalue weighted by Gasteiger charge is -2.18. The quantitative estimate of drug-likeness (QED) is 0.762. The highest BCUT2D eigenvalue weighted by molar-refractivity contribution is 5.76. The molecule has 0 saturated carbocycles. The summed E-state index contributed by atoms with van der Waals surface area (Å²) in [5.41, 5.74) is -0.719. The van der Waals surface area contributed by atoms with Gasteiger partial charge in [-0.05, 0) is 13.3 Å². The number of aromatic nitrogens is 3. The Morgan fingerprint density at radius 2 is 2.44 bits per heavy atom. The molecule has 0 spiro atoms. The smallest absolute Gasteiger partial charge is 0.224 e. The molecule has 0 aliphatic carbocycles. The van der Waals surface area contributed by atoms with Gasteiger partial charge in [0.2, 0.25) is 5.91 Å². The van der Waals surface area contributed by atoms with Crippen LogP contribution in [-0.4, -0.2) is 49.6 Å². The van der Waals surface area contributed by atoms with Crippen LogP contribution in [0.15, 0.2) is 12.4 Å². The van der Waals surface area contributed by atoms with Gasteiger partial charge in [-0.1, -0.05) is 5.21 Å². The predicted molar refractivity (Wildman–Crippen MR) is 56.5 cm³/mol. The molecule has 0 radical (unpaired) electrons. The van der Waals surface area contributed by atoms with E-state index in [4.69, 9.17) is 0 Å². The van der Waals surface area contributed by atoms with Gasteiger partial charge in [-0.3, -0.25) is 9.48 Å². The van der Waals surface area contributed by atoms with Crippen molar-refractivity contribution in [2.45, 2.75) is 31.9 Å². The molecule has 88 valence electrons. The van der Waals surface area contributed by atoms with Crippen LogP contribution in [-0.2, 0) is 11.3 Å². The van der Waals surface area contributed by atoms with Crippen LogP contribution >= 0.6 is 0 Å². The summed E-state index contributed by atoms with van der Waals surface area (Å²) in [5.74, 6) is 0.0632. The predicted octanol–water partition coefficient (Wildman–Crippen LogP) is -0.349. The molecular formula is C10H16N4O2. The van der Waals surface area contributed by atoms with Crippen LogP contribution in [0.2, 0.25) is 0 Å². The third-order valence-electron chi connectivity index (χ3n) is 2.83. The molecule has 1 fully saturated rings. The Morgan fingerprint density at radius 3 is 3.00 bits per heavy atom. The molecule has 0 bridgehead atoms. The van der Waals surface area contributed by atoms with Crippen molar-refractivity contribution in [2.24, 2.45) is 0 Å². The van der Waals surface area contributed by atoms with Gasteiger partial charge in [-0.25, -0.2) is 0 Å². The first-order valence-electron chi connectivity index (χ1n) is 5.41. The molecule has 1 aliphatic heterocycles. The van der Waals surface area contributed by atoms with Crippen molar-refractivity contribution >= 4 is 5.91 Å². The molecule has 2 rings (SSSR count). The summed E-state index contributed by atoms with van der Waals surface area (Å²) >= 11 is 0. The maximum atomic E-state index is 11.8. The average Bonchev–Trinajstić information content (AvgIpc) is 2.83. The number of hydrogen-bond donors (Lipinski definition) is 1. The van der Waals surface area contributed by atoms with E-state index in [0.717, 1.165) is 0 Å². The van der Waals surface area contributed by atoms with E-state index in [9.17, 15) is 9.90 Å². The summed E-state index contributed by atoms with van der Waals surface area (Å²) in [6.45, 7) is 3.38. The van der Waals surface area contributed by atoms with E-state index in [2.05, 4.69) is 10.3 Å². The zero-order valence-electron chi connectivity index (χ0n) is 9.33. The lowest BCUT2D eigenvalue weighted by atomic mass is 10.1. The summed E-state index contributed by atoms with van der Waals surface area (Å²) in [7, 11) is 0. The van der Waals surface area contributed by atoms with Crippen LogP contribution < -0.4 is 0 Å². The van der Waals surface area contributed by atoms with Crippen LogP contribution in [0.3, 0.4) is 0 Å². The van der Waals surface area contributed by atoms with Crippen molar-refractivity contribution in [3.63, 3.8) is 0 Å². The highest BCUT2D eigenvalue weighted by Crippen LogP contribution is 2.20. The minimum Gasteiger partial charge on any atom is -0.388 e. The third kappa shape index (κ3) is 2.57. The summed E-state index contributed by atoms with van der Waals surface area (Å²) in [6.07, 6.45) is 4.38. The second-order valence-electron chi connectivity index (χ2n) is 4.48. The SMILES string of the molecule is CC1(O)CCN(C(=O)CCn2ccnn2)C1. The van der Waals surface area contributed by atoms with Gasteiger partial charge in [-0.15, -0.1) is 5.10 Å². The van der Waals surface area contributed by atoms with Gasteiger partial charge in [-0.2, -0.15) is 0 Å². The van der Waals surface area contributed by atoms with Gasteiger partial charge in [0.25, 0.3) is 0 Å². The molecule has 6 nitrogen and oxygen atoms in total. The lowest BCUT2D eigenvalue weighted by Crippen LogP contribution is -2.34. The average molecular weight is 224 g/mol. The number of nitrogens with zero attached hydrogens (tertiary/aromatic N) is 4. The molecule has 1 atom stereocenters. The monoisotopic (exact) mass is 224 g/mol. The Balaban J connectivity index is 1.81. The number of likely N-dealkylation sites (tertiary alicyclic amines) is 1. The topological polar surface area (TPSA) is 71.2 Å². The highest BCUT2D eigenvalue weighted by Gasteiger charge is 2.33. The largest absolute Gasteiger partial charge is 0.388 e. The zero-order chi connectivity index (χ0) is 11.6. The summed E-state index contributed by atoms with van der Waals surface area (Å²) in [5, 5.41) is 17.2. The van der Waals surface area contributed by atoms with Crippen molar-refractivity contribution in [3.8, 4) is 0 Å². The number of aliphatic hydroxyl groups is 1. The Hall–Kier alpha value is -1.43. The molecule has 1 aliphatic rings. The second kappa shape index (κ2) is 4.21. The third-order valence-corrected chi connectivity index (χ3v) is 2.83. The Kier molecular flexibility index (Phi) is 2.91. The van der Waals surface area contributed by atoms with Crippen molar-refractivity contribution in [1.29, 1.82) is 0 Å². The highest BCUT2D eigenvalue weighted by atomic mass is 16.3. The van der Waals surface area contributed by atoms with Crippen LogP contribution in [0.4, 0.5) is 0 Å². The lowest BCUT2D eigenvalue weighted by molar-refractivity contribution is -0.131. The Labute approximate surface area is 93.9 Å². The van der Waals surface area contributed by atoms with E-state index in [0.29, 0.717) is 32.5 Å². The molecule has 1 aromatic heterocycles. The van der Waals surface area contributed by atoms with Gasteiger partial charge >= 0.3 is 0 Å². The number of hydrogen-bond acceptors (Lipinski definition) is 4. The van der Waals surface area contributed by atoms with E-state index in [-0.39, 0.29) is 5.91 Å². The molecule has 1 unspecified atom stereocenters. The minimum absolute atomic E-state index is 0.0632. The molecule has 1 amide bonds. The Bertz CT molecular complexity index is 361. The maximum Gasteiger partial charge on any atom is 0.224 e. The molecule has 1 aromatic rings. The van der Waals surface area contributed by atoms with Gasteiger partial charge < -0.3 is 10.0 Å². The molecule has 16 heavy (non-hydrogen) atoms. The van der Waals surface area contributed by atoms with Crippen LogP contribution in [0, 0.1) is 0 Å². The van der Waals surface area contributed by atoms with E-state index in [1.807, 2.05) is 0 Å². The van der Waals surface area contributed by atoms with Crippen LogP contribution in [0.5, 0.6) is 0 Å². The fraction of sp³-hybridized carbons (Fsp3) is 0.700. The summed E-state index contributed by atoms with van der Waals surface area (Å²) in [6, 6.07) is 0. The van der Waals surface area contributed by atoms with E-state index in [1.165, 1.54) is 0 Å². The van der Waals surface area contributed by atoms with Crippen LogP contribution in [0.25, 0.3) is 0 Å². The molecule has 6 heteroatoms. The van der Waals surface area contributed by atoms with E-state index in [1.54, 1.807) is 28.9 Å². The first-order chi connectivity index (χ1) is 7.57. The van der Waals surface area contributed by atoms with Crippen molar-refractivity contribution in [3.05, 3.63) is 12.4 Å². The van der Waals surface area contributed by atoms with Gasteiger partial charge in [0.05, 0.1) is 18.3 Å². The standard InChI is InChI=1S/C10H16N4O2/c1-10(16)3-6-13(8-10)9(15)2-5-14-7-4-11-12-14/h4,7,16H,2-3,5-6,8H2,1H3. The normalized spacial score (nSPS) is 25.0. The summed E-state index contributed by atoms with van der Waals surface area (Å²) < 4.78 is 1.63. The molecule has 1 saturated heterocycles. The molecular weight excluding hydrogens is 208 g/mol. The first-order valence-corrected chi connectivity index (χ1v) is 5.41. The van der Waals surface area contributed by atoms with Crippen LogP contribution in [0.1, 0.15) is 19.8 Å². The number of β-amino-alcohol motifs (C(OH)–C–C–N with tert-alkyl or cyclic N) is 1. The van der Waals surface area contributed by atoms with Gasteiger partial charge in [0, 0.05) is 25.7 Å². The molecule has 1 N–H and O–H groups in total. The maximum absolute atomic E-state index is 11.8.